The number of esters is 1. The van der Waals surface area contributed by atoms with Crippen molar-refractivity contribution in [1.82, 2.24) is 4.98 Å². The predicted octanol–water partition coefficient (Wildman–Crippen LogP) is 6.56. The van der Waals surface area contributed by atoms with E-state index in [0.717, 1.165) is 53.7 Å². The number of nitrogens with zero attached hydrogens (tertiary/aromatic N) is 1. The zero-order valence-electron chi connectivity index (χ0n) is 19.3. The Balaban J connectivity index is 1.55. The van der Waals surface area contributed by atoms with E-state index in [2.05, 4.69) is 5.32 Å². The average Bonchev–Trinajstić information content (AvgIpc) is 3.45. The lowest BCUT2D eigenvalue weighted by molar-refractivity contribution is 0.0505. The van der Waals surface area contributed by atoms with Crippen molar-refractivity contribution in [3.63, 3.8) is 0 Å². The summed E-state index contributed by atoms with van der Waals surface area (Å²) in [6.07, 6.45) is 4.62. The van der Waals surface area contributed by atoms with E-state index in [0.29, 0.717) is 39.7 Å². The minimum atomic E-state index is -0.358. The standard InChI is InChI=1S/C27H26N2O4S/c1-3-14-32-27(31)24-18-9-5-7-11-23(18)34-26(24)29-25(30)19-15-21(22-13-12-16(2)33-22)28-20-10-6-4-8-17(19)20/h4,6,8,10,12-13,15H,3,5,7,9,11,14H2,1-2H3,(H,29,30). The van der Waals surface area contributed by atoms with Gasteiger partial charge in [0.2, 0.25) is 0 Å². The molecule has 1 aliphatic carbocycles. The van der Waals surface area contributed by atoms with Crippen LogP contribution in [0.1, 0.15) is 63.1 Å². The van der Waals surface area contributed by atoms with E-state index < -0.39 is 0 Å². The van der Waals surface area contributed by atoms with E-state index in [1.54, 1.807) is 6.07 Å². The van der Waals surface area contributed by atoms with Crippen molar-refractivity contribution in [1.29, 1.82) is 0 Å². The fourth-order valence-electron chi connectivity index (χ4n) is 4.37. The van der Waals surface area contributed by atoms with Gasteiger partial charge in [-0.05, 0) is 68.9 Å². The summed E-state index contributed by atoms with van der Waals surface area (Å²) < 4.78 is 11.2. The Hall–Kier alpha value is -3.45. The van der Waals surface area contributed by atoms with E-state index in [9.17, 15) is 9.59 Å². The Morgan fingerprint density at radius 2 is 1.97 bits per heavy atom. The van der Waals surface area contributed by atoms with Gasteiger partial charge in [-0.25, -0.2) is 9.78 Å². The Morgan fingerprint density at radius 3 is 2.76 bits per heavy atom. The van der Waals surface area contributed by atoms with Crippen LogP contribution in [-0.4, -0.2) is 23.5 Å². The van der Waals surface area contributed by atoms with Gasteiger partial charge < -0.3 is 14.5 Å². The zero-order valence-corrected chi connectivity index (χ0v) is 20.1. The highest BCUT2D eigenvalue weighted by atomic mass is 32.1. The van der Waals surface area contributed by atoms with E-state index in [1.807, 2.05) is 50.2 Å². The molecule has 6 nitrogen and oxygen atoms in total. The van der Waals surface area contributed by atoms with Crippen molar-refractivity contribution in [2.75, 3.05) is 11.9 Å². The fraction of sp³-hybridized carbons (Fsp3) is 0.296. The van der Waals surface area contributed by atoms with Crippen molar-refractivity contribution in [3.05, 3.63) is 69.8 Å². The first kappa shape index (κ1) is 22.3. The number of nitrogens with one attached hydrogen (secondary N) is 1. The summed E-state index contributed by atoms with van der Waals surface area (Å²) in [4.78, 5) is 32.4. The lowest BCUT2D eigenvalue weighted by Gasteiger charge is -2.13. The number of carbonyl (C=O) groups is 2. The number of amides is 1. The van der Waals surface area contributed by atoms with E-state index >= 15 is 0 Å². The topological polar surface area (TPSA) is 81.4 Å². The molecule has 0 saturated heterocycles. The Bertz CT molecular complexity index is 1380. The van der Waals surface area contributed by atoms with Crippen LogP contribution in [0.4, 0.5) is 5.00 Å². The second kappa shape index (κ2) is 9.43. The summed E-state index contributed by atoms with van der Waals surface area (Å²) >= 11 is 1.49. The summed E-state index contributed by atoms with van der Waals surface area (Å²) in [5.41, 5.74) is 3.31. The molecule has 0 bridgehead atoms. The fourth-order valence-corrected chi connectivity index (χ4v) is 5.64. The molecule has 0 aliphatic heterocycles. The molecule has 5 rings (SSSR count). The number of rotatable bonds is 6. The van der Waals surface area contributed by atoms with Gasteiger partial charge in [-0.15, -0.1) is 11.3 Å². The van der Waals surface area contributed by atoms with Crippen molar-refractivity contribution in [2.45, 2.75) is 46.0 Å². The van der Waals surface area contributed by atoms with Gasteiger partial charge in [-0.3, -0.25) is 4.79 Å². The molecule has 1 aliphatic rings. The normalized spacial score (nSPS) is 13.0. The minimum Gasteiger partial charge on any atom is -0.462 e. The second-order valence-corrected chi connectivity index (χ2v) is 9.59. The smallest absolute Gasteiger partial charge is 0.341 e. The monoisotopic (exact) mass is 474 g/mol. The van der Waals surface area contributed by atoms with Gasteiger partial charge in [0.25, 0.3) is 5.91 Å². The first-order valence-corrected chi connectivity index (χ1v) is 12.5. The third kappa shape index (κ3) is 4.23. The number of aryl methyl sites for hydroxylation is 2. The van der Waals surface area contributed by atoms with Crippen LogP contribution < -0.4 is 5.32 Å². The number of thiophene rings is 1. The third-order valence-electron chi connectivity index (χ3n) is 5.99. The van der Waals surface area contributed by atoms with Crippen molar-refractivity contribution < 1.29 is 18.7 Å². The zero-order chi connectivity index (χ0) is 23.7. The van der Waals surface area contributed by atoms with Gasteiger partial charge >= 0.3 is 5.97 Å². The van der Waals surface area contributed by atoms with E-state index in [4.69, 9.17) is 14.1 Å². The molecule has 0 spiro atoms. The average molecular weight is 475 g/mol. The lowest BCUT2D eigenvalue weighted by atomic mass is 9.95. The van der Waals surface area contributed by atoms with Crippen LogP contribution in [0.15, 0.2) is 46.9 Å². The molecular formula is C27H26N2O4S. The highest BCUT2D eigenvalue weighted by molar-refractivity contribution is 7.17. The highest BCUT2D eigenvalue weighted by Crippen LogP contribution is 2.39. The number of hydrogen-bond acceptors (Lipinski definition) is 6. The molecule has 0 saturated carbocycles. The molecule has 1 aromatic carbocycles. The molecule has 174 valence electrons. The van der Waals surface area contributed by atoms with Gasteiger partial charge in [0.15, 0.2) is 5.76 Å². The molecule has 0 radical (unpaired) electrons. The number of pyridine rings is 1. The predicted molar refractivity (Wildman–Crippen MR) is 134 cm³/mol. The SMILES string of the molecule is CCCOC(=O)c1c(NC(=O)c2cc(-c3ccc(C)o3)nc3ccccc23)sc2c1CCCC2. The van der Waals surface area contributed by atoms with Crippen molar-refractivity contribution >= 4 is 39.1 Å². The van der Waals surface area contributed by atoms with Gasteiger partial charge in [0.05, 0.1) is 23.3 Å². The summed E-state index contributed by atoms with van der Waals surface area (Å²) in [6.45, 7) is 4.19. The number of benzene rings is 1. The molecule has 4 aromatic rings. The lowest BCUT2D eigenvalue weighted by Crippen LogP contribution is -2.16. The molecule has 0 fully saturated rings. The molecule has 0 atom stereocenters. The molecule has 34 heavy (non-hydrogen) atoms. The number of carbonyl (C=O) groups excluding carboxylic acids is 2. The Labute approximate surface area is 202 Å². The molecule has 1 N–H and O–H groups in total. The van der Waals surface area contributed by atoms with Crippen LogP contribution in [-0.2, 0) is 17.6 Å². The van der Waals surface area contributed by atoms with E-state index in [1.165, 1.54) is 11.3 Å². The quantitative estimate of drug-likeness (QED) is 0.320. The molecule has 3 aromatic heterocycles. The van der Waals surface area contributed by atoms with Crippen LogP contribution in [0.2, 0.25) is 0 Å². The number of aromatic nitrogens is 1. The minimum absolute atomic E-state index is 0.286. The van der Waals surface area contributed by atoms with Crippen molar-refractivity contribution in [3.8, 4) is 11.5 Å². The number of fused-ring (bicyclic) bond motifs is 2. The first-order chi connectivity index (χ1) is 16.5. The Kier molecular flexibility index (Phi) is 6.20. The van der Waals surface area contributed by atoms with Gasteiger partial charge in [0, 0.05) is 10.3 Å². The highest BCUT2D eigenvalue weighted by Gasteiger charge is 2.28. The summed E-state index contributed by atoms with van der Waals surface area (Å²) in [7, 11) is 0. The van der Waals surface area contributed by atoms with Crippen LogP contribution in [0.5, 0.6) is 0 Å². The summed E-state index contributed by atoms with van der Waals surface area (Å²) in [5.74, 6) is 0.734. The maximum absolute atomic E-state index is 13.6. The first-order valence-electron chi connectivity index (χ1n) is 11.6. The second-order valence-electron chi connectivity index (χ2n) is 8.49. The maximum atomic E-state index is 13.6. The largest absolute Gasteiger partial charge is 0.462 e. The number of para-hydroxylation sites is 1. The molecular weight excluding hydrogens is 448 g/mol. The maximum Gasteiger partial charge on any atom is 0.341 e. The molecule has 3 heterocycles. The molecule has 0 unspecified atom stereocenters. The number of hydrogen-bond donors (Lipinski definition) is 1. The van der Waals surface area contributed by atoms with Crippen LogP contribution >= 0.6 is 11.3 Å². The summed E-state index contributed by atoms with van der Waals surface area (Å²) in [6, 6.07) is 13.0. The molecule has 1 amide bonds. The summed E-state index contributed by atoms with van der Waals surface area (Å²) in [5, 5.41) is 4.34. The third-order valence-corrected chi connectivity index (χ3v) is 7.20. The van der Waals surface area contributed by atoms with Gasteiger partial charge in [-0.1, -0.05) is 25.1 Å². The van der Waals surface area contributed by atoms with Gasteiger partial charge in [0.1, 0.15) is 16.5 Å². The van der Waals surface area contributed by atoms with Crippen LogP contribution in [0.25, 0.3) is 22.4 Å². The number of furan rings is 1. The number of ether oxygens (including phenoxy) is 1. The Morgan fingerprint density at radius 1 is 1.15 bits per heavy atom. The number of anilines is 1. The van der Waals surface area contributed by atoms with Crippen LogP contribution in [0, 0.1) is 6.92 Å². The molecule has 7 heteroatoms. The van der Waals surface area contributed by atoms with Gasteiger partial charge in [-0.2, -0.15) is 0 Å². The van der Waals surface area contributed by atoms with Crippen LogP contribution in [0.3, 0.4) is 0 Å². The van der Waals surface area contributed by atoms with E-state index in [-0.39, 0.29) is 11.9 Å². The van der Waals surface area contributed by atoms with Crippen molar-refractivity contribution in [2.24, 2.45) is 0 Å².